The van der Waals surface area contributed by atoms with Gasteiger partial charge in [-0.25, -0.2) is 13.2 Å². The fourth-order valence-corrected chi connectivity index (χ4v) is 6.73. The molecule has 1 aliphatic rings. The predicted molar refractivity (Wildman–Crippen MR) is 140 cm³/mol. The van der Waals surface area contributed by atoms with Crippen molar-refractivity contribution in [3.8, 4) is 0 Å². The van der Waals surface area contributed by atoms with Gasteiger partial charge in [-0.05, 0) is 42.8 Å². The number of hydrogen-bond acceptors (Lipinski definition) is 7. The molecule has 2 aromatic rings. The molecule has 0 saturated carbocycles. The number of likely N-dealkylation sites (N-methyl/N-ethyl adjacent to an activating group) is 1. The topological polar surface area (TPSA) is 119 Å². The summed E-state index contributed by atoms with van der Waals surface area (Å²) in [5.41, 5.74) is 1.39. The molecular formula is C24H33N5O5S2. The molecule has 3 rings (SSSR count). The molecule has 0 spiro atoms. The van der Waals surface area contributed by atoms with Crippen LogP contribution < -0.4 is 10.6 Å². The number of thiophene rings is 1. The van der Waals surface area contributed by atoms with Gasteiger partial charge in [0, 0.05) is 50.7 Å². The Morgan fingerprint density at radius 2 is 1.67 bits per heavy atom. The van der Waals surface area contributed by atoms with Crippen molar-refractivity contribution in [3.63, 3.8) is 0 Å². The summed E-state index contributed by atoms with van der Waals surface area (Å²) in [4.78, 5) is 42.9. The molecule has 2 N–H and O–H groups in total. The summed E-state index contributed by atoms with van der Waals surface area (Å²) in [5, 5.41) is 5.56. The Kier molecular flexibility index (Phi) is 8.88. The van der Waals surface area contributed by atoms with E-state index in [2.05, 4.69) is 22.5 Å². The lowest BCUT2D eigenvalue weighted by atomic mass is 10.0. The fraction of sp³-hybridized carbons (Fsp3) is 0.458. The summed E-state index contributed by atoms with van der Waals surface area (Å²) in [6, 6.07) is 5.17. The Morgan fingerprint density at radius 1 is 1.03 bits per heavy atom. The minimum Gasteiger partial charge on any atom is -0.331 e. The number of carbonyl (C=O) groups excluding carboxylic acids is 3. The molecule has 10 nitrogen and oxygen atoms in total. The first-order chi connectivity index (χ1) is 17.0. The van der Waals surface area contributed by atoms with E-state index >= 15 is 0 Å². The molecule has 1 aliphatic heterocycles. The van der Waals surface area contributed by atoms with Crippen molar-refractivity contribution in [1.29, 1.82) is 0 Å². The monoisotopic (exact) mass is 535 g/mol. The van der Waals surface area contributed by atoms with Gasteiger partial charge in [-0.15, -0.1) is 11.3 Å². The smallest absolute Gasteiger partial charge is 0.323 e. The van der Waals surface area contributed by atoms with Gasteiger partial charge >= 0.3 is 6.03 Å². The number of anilines is 1. The number of amides is 4. The highest BCUT2D eigenvalue weighted by molar-refractivity contribution is 7.89. The molecule has 0 atom stereocenters. The standard InChI is InChI=1S/C24H33N5O5S2/c1-6-28-14-13-18-19(15-28)35-23(20(18)22(31)26-24(32)27(4)5)25-21(30)16-9-11-17(12-10-16)36(33,34)29(7-2)8-3/h9-12H,6-8,13-15H2,1-5H3,(H,25,30)(H,26,31,32). The average Bonchev–Trinajstić information content (AvgIpc) is 3.21. The van der Waals surface area contributed by atoms with E-state index < -0.39 is 27.9 Å². The molecule has 0 unspecified atom stereocenters. The molecule has 0 aliphatic carbocycles. The zero-order chi connectivity index (χ0) is 26.6. The van der Waals surface area contributed by atoms with E-state index in [4.69, 9.17) is 0 Å². The molecule has 12 heteroatoms. The third-order valence-corrected chi connectivity index (χ3v) is 9.32. The normalized spacial score (nSPS) is 13.8. The van der Waals surface area contributed by atoms with Crippen LogP contribution in [0.3, 0.4) is 0 Å². The highest BCUT2D eigenvalue weighted by Gasteiger charge is 2.30. The van der Waals surface area contributed by atoms with Gasteiger partial charge in [0.25, 0.3) is 11.8 Å². The van der Waals surface area contributed by atoms with Gasteiger partial charge < -0.3 is 10.2 Å². The van der Waals surface area contributed by atoms with Crippen LogP contribution in [0.1, 0.15) is 51.9 Å². The first kappa shape index (κ1) is 27.8. The van der Waals surface area contributed by atoms with Gasteiger partial charge in [0.2, 0.25) is 10.0 Å². The van der Waals surface area contributed by atoms with Crippen LogP contribution in [0.15, 0.2) is 29.2 Å². The number of nitrogens with one attached hydrogen (secondary N) is 2. The Bertz CT molecular complexity index is 1230. The van der Waals surface area contributed by atoms with Crippen LogP contribution in [-0.2, 0) is 23.0 Å². The third kappa shape index (κ3) is 5.77. The lowest BCUT2D eigenvalue weighted by Crippen LogP contribution is -2.39. The summed E-state index contributed by atoms with van der Waals surface area (Å²) in [6.45, 7) is 8.59. The zero-order valence-corrected chi connectivity index (χ0v) is 22.9. The number of sulfonamides is 1. The Hall–Kier alpha value is -2.80. The number of benzene rings is 1. The SMILES string of the molecule is CCN1CCc2c(sc(NC(=O)c3ccc(S(=O)(=O)N(CC)CC)cc3)c2C(=O)NC(=O)N(C)C)C1. The molecular weight excluding hydrogens is 502 g/mol. The fourth-order valence-electron chi connectivity index (χ4n) is 3.99. The lowest BCUT2D eigenvalue weighted by molar-refractivity contribution is 0.0956. The number of nitrogens with zero attached hydrogens (tertiary/aromatic N) is 3. The maximum absolute atomic E-state index is 13.1. The number of imide groups is 1. The Morgan fingerprint density at radius 3 is 2.22 bits per heavy atom. The number of rotatable bonds is 8. The predicted octanol–water partition coefficient (Wildman–Crippen LogP) is 2.82. The van der Waals surface area contributed by atoms with Crippen LogP contribution in [0.2, 0.25) is 0 Å². The van der Waals surface area contributed by atoms with Gasteiger partial charge in [-0.2, -0.15) is 4.31 Å². The summed E-state index contributed by atoms with van der Waals surface area (Å²) in [5.74, 6) is -1.03. The van der Waals surface area contributed by atoms with E-state index in [-0.39, 0.29) is 10.5 Å². The summed E-state index contributed by atoms with van der Waals surface area (Å²) in [6.07, 6.45) is 0.631. The van der Waals surface area contributed by atoms with E-state index in [1.54, 1.807) is 13.8 Å². The molecule has 1 aromatic carbocycles. The van der Waals surface area contributed by atoms with Crippen molar-refractivity contribution in [1.82, 2.24) is 19.4 Å². The average molecular weight is 536 g/mol. The van der Waals surface area contributed by atoms with Crippen molar-refractivity contribution in [3.05, 3.63) is 45.8 Å². The highest BCUT2D eigenvalue weighted by Crippen LogP contribution is 2.37. The molecule has 2 heterocycles. The largest absolute Gasteiger partial charge is 0.331 e. The molecule has 1 aromatic heterocycles. The van der Waals surface area contributed by atoms with E-state index in [1.807, 2.05) is 0 Å². The van der Waals surface area contributed by atoms with Gasteiger partial charge in [0.1, 0.15) is 5.00 Å². The number of urea groups is 1. The zero-order valence-electron chi connectivity index (χ0n) is 21.3. The van der Waals surface area contributed by atoms with E-state index in [0.29, 0.717) is 36.6 Å². The second kappa shape index (κ2) is 11.5. The van der Waals surface area contributed by atoms with Gasteiger partial charge in [-0.3, -0.25) is 19.8 Å². The van der Waals surface area contributed by atoms with Crippen LogP contribution in [0.5, 0.6) is 0 Å². The molecule has 0 saturated heterocycles. The van der Waals surface area contributed by atoms with Gasteiger partial charge in [-0.1, -0.05) is 20.8 Å². The van der Waals surface area contributed by atoms with Gasteiger partial charge in [0.05, 0.1) is 10.5 Å². The quantitative estimate of drug-likeness (QED) is 0.537. The highest BCUT2D eigenvalue weighted by atomic mass is 32.2. The summed E-state index contributed by atoms with van der Waals surface area (Å²) >= 11 is 1.32. The van der Waals surface area contributed by atoms with Crippen molar-refractivity contribution in [2.45, 2.75) is 38.6 Å². The number of carbonyl (C=O) groups is 3. The lowest BCUT2D eigenvalue weighted by Gasteiger charge is -2.25. The second-order valence-corrected chi connectivity index (χ2v) is 11.6. The van der Waals surface area contributed by atoms with Crippen molar-refractivity contribution in [2.24, 2.45) is 0 Å². The van der Waals surface area contributed by atoms with Crippen LogP contribution in [-0.4, -0.2) is 80.6 Å². The second-order valence-electron chi connectivity index (χ2n) is 8.55. The van der Waals surface area contributed by atoms with Crippen LogP contribution in [0, 0.1) is 0 Å². The van der Waals surface area contributed by atoms with Crippen molar-refractivity contribution >= 4 is 44.2 Å². The van der Waals surface area contributed by atoms with Gasteiger partial charge in [0.15, 0.2) is 0 Å². The molecule has 0 bridgehead atoms. The summed E-state index contributed by atoms with van der Waals surface area (Å²) in [7, 11) is -0.560. The third-order valence-electron chi connectivity index (χ3n) is 6.12. The Labute approximate surface area is 216 Å². The maximum atomic E-state index is 13.1. The molecule has 36 heavy (non-hydrogen) atoms. The van der Waals surface area contributed by atoms with Crippen molar-refractivity contribution < 1.29 is 22.8 Å². The van der Waals surface area contributed by atoms with E-state index in [0.717, 1.165) is 23.5 Å². The maximum Gasteiger partial charge on any atom is 0.323 e. The van der Waals surface area contributed by atoms with Crippen molar-refractivity contribution in [2.75, 3.05) is 45.6 Å². The minimum absolute atomic E-state index is 0.108. The molecule has 4 amide bonds. The summed E-state index contributed by atoms with van der Waals surface area (Å²) < 4.78 is 26.8. The molecule has 196 valence electrons. The first-order valence-electron chi connectivity index (χ1n) is 11.8. The number of fused-ring (bicyclic) bond motifs is 1. The van der Waals surface area contributed by atoms with Crippen LogP contribution in [0.25, 0.3) is 0 Å². The minimum atomic E-state index is -3.64. The van der Waals surface area contributed by atoms with Crippen LogP contribution in [0.4, 0.5) is 9.80 Å². The van der Waals surface area contributed by atoms with E-state index in [1.165, 1.54) is 58.9 Å². The molecule has 0 radical (unpaired) electrons. The van der Waals surface area contributed by atoms with Crippen LogP contribution >= 0.6 is 11.3 Å². The Balaban J connectivity index is 1.90. The van der Waals surface area contributed by atoms with E-state index in [9.17, 15) is 22.8 Å². The number of hydrogen-bond donors (Lipinski definition) is 2. The molecule has 0 fully saturated rings. The first-order valence-corrected chi connectivity index (χ1v) is 14.1.